The number of nitrogens with zero attached hydrogens (tertiary/aromatic N) is 1. The van der Waals surface area contributed by atoms with Crippen molar-refractivity contribution < 1.29 is 14.3 Å². The predicted octanol–water partition coefficient (Wildman–Crippen LogP) is 5.10. The van der Waals surface area contributed by atoms with Crippen molar-refractivity contribution in [3.05, 3.63) is 56.3 Å². The van der Waals surface area contributed by atoms with Crippen molar-refractivity contribution in [1.29, 1.82) is 0 Å². The summed E-state index contributed by atoms with van der Waals surface area (Å²) in [5.74, 6) is 0.987. The number of ether oxygens (including phenoxy) is 2. The third-order valence-electron chi connectivity index (χ3n) is 3.60. The molecule has 2 aromatic carbocycles. The summed E-state index contributed by atoms with van der Waals surface area (Å²) in [5, 5.41) is 5.22. The molecule has 0 radical (unpaired) electrons. The lowest BCUT2D eigenvalue weighted by Gasteiger charge is -2.04. The second-order valence-electron chi connectivity index (χ2n) is 5.19. The summed E-state index contributed by atoms with van der Waals surface area (Å²) in [7, 11) is 3.17. The summed E-state index contributed by atoms with van der Waals surface area (Å²) in [6.45, 7) is 0. The number of thiophene rings is 1. The maximum Gasteiger partial charge on any atom is 0.283 e. The Kier molecular flexibility index (Phi) is 5.80. The van der Waals surface area contributed by atoms with Crippen molar-refractivity contribution in [2.24, 2.45) is 5.10 Å². The van der Waals surface area contributed by atoms with Crippen LogP contribution in [0.15, 0.2) is 46.0 Å². The Morgan fingerprint density at radius 1 is 1.23 bits per heavy atom. The van der Waals surface area contributed by atoms with E-state index in [4.69, 9.17) is 21.1 Å². The molecule has 0 aliphatic carbocycles. The molecular formula is C18H14BrClN2O3S. The molecule has 1 amide bonds. The fourth-order valence-electron chi connectivity index (χ4n) is 2.34. The molecule has 1 heterocycles. The van der Waals surface area contributed by atoms with Crippen LogP contribution in [0.25, 0.3) is 10.1 Å². The van der Waals surface area contributed by atoms with Crippen LogP contribution < -0.4 is 14.9 Å². The van der Waals surface area contributed by atoms with Gasteiger partial charge in [-0.05, 0) is 36.4 Å². The van der Waals surface area contributed by atoms with E-state index >= 15 is 0 Å². The van der Waals surface area contributed by atoms with Gasteiger partial charge in [-0.2, -0.15) is 5.10 Å². The molecular weight excluding hydrogens is 440 g/mol. The zero-order chi connectivity index (χ0) is 18.7. The zero-order valence-electron chi connectivity index (χ0n) is 13.9. The van der Waals surface area contributed by atoms with Crippen LogP contribution in [-0.2, 0) is 0 Å². The van der Waals surface area contributed by atoms with Crippen LogP contribution in [0.5, 0.6) is 11.5 Å². The maximum atomic E-state index is 12.4. The van der Waals surface area contributed by atoms with Crippen molar-refractivity contribution in [1.82, 2.24) is 5.43 Å². The minimum Gasteiger partial charge on any atom is -0.497 e. The van der Waals surface area contributed by atoms with Gasteiger partial charge in [0, 0.05) is 20.1 Å². The first-order valence-electron chi connectivity index (χ1n) is 7.46. The van der Waals surface area contributed by atoms with Gasteiger partial charge in [0.2, 0.25) is 0 Å². The van der Waals surface area contributed by atoms with Crippen molar-refractivity contribution in [2.45, 2.75) is 0 Å². The highest BCUT2D eigenvalue weighted by Gasteiger charge is 2.17. The lowest BCUT2D eigenvalue weighted by molar-refractivity contribution is 0.0959. The number of fused-ring (bicyclic) bond motifs is 1. The first-order valence-corrected chi connectivity index (χ1v) is 9.45. The minimum absolute atomic E-state index is 0.375. The summed E-state index contributed by atoms with van der Waals surface area (Å²) in [6.07, 6.45) is 1.52. The van der Waals surface area contributed by atoms with Gasteiger partial charge in [0.1, 0.15) is 16.4 Å². The number of rotatable bonds is 5. The minimum atomic E-state index is -0.375. The van der Waals surface area contributed by atoms with E-state index in [1.165, 1.54) is 17.6 Å². The normalized spacial score (nSPS) is 11.1. The first-order chi connectivity index (χ1) is 12.5. The zero-order valence-corrected chi connectivity index (χ0v) is 17.0. The Morgan fingerprint density at radius 2 is 2.04 bits per heavy atom. The molecule has 0 saturated carbocycles. The summed E-state index contributed by atoms with van der Waals surface area (Å²) < 4.78 is 12.2. The van der Waals surface area contributed by atoms with Gasteiger partial charge in [-0.3, -0.25) is 4.79 Å². The van der Waals surface area contributed by atoms with E-state index in [0.717, 1.165) is 20.1 Å². The molecule has 0 unspecified atom stereocenters. The highest BCUT2D eigenvalue weighted by Crippen LogP contribution is 2.37. The molecule has 8 heteroatoms. The molecule has 0 atom stereocenters. The average Bonchev–Trinajstić information content (AvgIpc) is 2.98. The Labute approximate surface area is 167 Å². The smallest absolute Gasteiger partial charge is 0.283 e. The highest BCUT2D eigenvalue weighted by atomic mass is 79.9. The Bertz CT molecular complexity index is 1000. The first kappa shape index (κ1) is 18.7. The van der Waals surface area contributed by atoms with Crippen LogP contribution in [0.4, 0.5) is 0 Å². The summed E-state index contributed by atoms with van der Waals surface area (Å²) in [4.78, 5) is 12.8. The predicted molar refractivity (Wildman–Crippen MR) is 109 cm³/mol. The van der Waals surface area contributed by atoms with E-state index in [0.29, 0.717) is 21.4 Å². The average molecular weight is 454 g/mol. The third kappa shape index (κ3) is 3.85. The highest BCUT2D eigenvalue weighted by molar-refractivity contribution is 9.10. The molecule has 0 aliphatic heterocycles. The number of benzene rings is 2. The Morgan fingerprint density at radius 3 is 2.77 bits per heavy atom. The van der Waals surface area contributed by atoms with Gasteiger partial charge in [0.15, 0.2) is 0 Å². The second kappa shape index (κ2) is 8.07. The van der Waals surface area contributed by atoms with Crippen LogP contribution in [0.2, 0.25) is 5.02 Å². The molecule has 134 valence electrons. The second-order valence-corrected chi connectivity index (χ2v) is 7.54. The van der Waals surface area contributed by atoms with Gasteiger partial charge in [-0.15, -0.1) is 11.3 Å². The van der Waals surface area contributed by atoms with E-state index in [1.807, 2.05) is 30.3 Å². The summed E-state index contributed by atoms with van der Waals surface area (Å²) in [5.41, 5.74) is 3.23. The number of amides is 1. The van der Waals surface area contributed by atoms with Crippen molar-refractivity contribution in [2.75, 3.05) is 14.2 Å². The number of carbonyl (C=O) groups excluding carboxylic acids is 1. The van der Waals surface area contributed by atoms with Gasteiger partial charge < -0.3 is 9.47 Å². The third-order valence-corrected chi connectivity index (χ3v) is 5.75. The van der Waals surface area contributed by atoms with Crippen molar-refractivity contribution in [3.63, 3.8) is 0 Å². The molecule has 0 fully saturated rings. The molecule has 0 aliphatic rings. The van der Waals surface area contributed by atoms with Gasteiger partial charge in [0.05, 0.1) is 25.5 Å². The monoisotopic (exact) mass is 452 g/mol. The molecule has 26 heavy (non-hydrogen) atoms. The molecule has 5 nitrogen and oxygen atoms in total. The number of halogens is 2. The van der Waals surface area contributed by atoms with Gasteiger partial charge in [-0.1, -0.05) is 27.5 Å². The fourth-order valence-corrected chi connectivity index (χ4v) is 4.15. The SMILES string of the molecule is COc1ccc2c(Cl)c(C(=O)N/N=C\c3cc(Br)ccc3OC)sc2c1. The maximum absolute atomic E-state index is 12.4. The lowest BCUT2D eigenvalue weighted by Crippen LogP contribution is -2.16. The lowest BCUT2D eigenvalue weighted by atomic mass is 10.2. The van der Waals surface area contributed by atoms with Crippen molar-refractivity contribution in [3.8, 4) is 11.5 Å². The van der Waals surface area contributed by atoms with Crippen molar-refractivity contribution >= 4 is 61.1 Å². The number of methoxy groups -OCH3 is 2. The number of carbonyl (C=O) groups is 1. The van der Waals surface area contributed by atoms with Gasteiger partial charge in [0.25, 0.3) is 5.91 Å². The molecule has 0 saturated heterocycles. The van der Waals surface area contributed by atoms with E-state index in [9.17, 15) is 4.79 Å². The largest absolute Gasteiger partial charge is 0.497 e. The summed E-state index contributed by atoms with van der Waals surface area (Å²) in [6, 6.07) is 11.0. The van der Waals surface area contributed by atoms with Crippen LogP contribution in [0.1, 0.15) is 15.2 Å². The standard InChI is InChI=1S/C18H14BrClN2O3S/c1-24-12-4-5-13-15(8-12)26-17(16(13)20)18(23)22-21-9-10-7-11(19)3-6-14(10)25-2/h3-9H,1-2H3,(H,22,23)/b21-9-. The molecule has 3 rings (SSSR count). The van der Waals surface area contributed by atoms with Crippen LogP contribution in [0.3, 0.4) is 0 Å². The van der Waals surface area contributed by atoms with Gasteiger partial charge >= 0.3 is 0 Å². The Hall–Kier alpha value is -2.09. The van der Waals surface area contributed by atoms with E-state index in [1.54, 1.807) is 20.3 Å². The topological polar surface area (TPSA) is 59.9 Å². The van der Waals surface area contributed by atoms with Gasteiger partial charge in [-0.25, -0.2) is 5.43 Å². The fraction of sp³-hybridized carbons (Fsp3) is 0.111. The van der Waals surface area contributed by atoms with E-state index < -0.39 is 0 Å². The number of hydrogen-bond donors (Lipinski definition) is 1. The quantitative estimate of drug-likeness (QED) is 0.432. The molecule has 1 aromatic heterocycles. The van der Waals surface area contributed by atoms with E-state index in [-0.39, 0.29) is 5.91 Å². The van der Waals surface area contributed by atoms with Crippen LogP contribution >= 0.6 is 38.9 Å². The van der Waals surface area contributed by atoms with Crippen LogP contribution in [0, 0.1) is 0 Å². The number of hydrogen-bond acceptors (Lipinski definition) is 5. The molecule has 0 bridgehead atoms. The van der Waals surface area contributed by atoms with Crippen LogP contribution in [-0.4, -0.2) is 26.3 Å². The molecule has 3 aromatic rings. The summed E-state index contributed by atoms with van der Waals surface area (Å²) >= 11 is 11.0. The Balaban J connectivity index is 1.81. The molecule has 0 spiro atoms. The number of hydrazone groups is 1. The number of nitrogens with one attached hydrogen (secondary N) is 1. The molecule has 1 N–H and O–H groups in total. The van der Waals surface area contributed by atoms with E-state index in [2.05, 4.69) is 26.5 Å².